The van der Waals surface area contributed by atoms with E-state index in [1.165, 1.54) is 0 Å². The Labute approximate surface area is 90.7 Å². The van der Waals surface area contributed by atoms with Crippen molar-refractivity contribution >= 4 is 34.4 Å². The molecule has 4 nitrogen and oxygen atoms in total. The second-order valence-corrected chi connectivity index (χ2v) is 3.77. The van der Waals surface area contributed by atoms with Crippen molar-refractivity contribution in [3.05, 3.63) is 12.3 Å². The predicted octanol–water partition coefficient (Wildman–Crippen LogP) is 2.09. The highest BCUT2D eigenvalue weighted by Crippen LogP contribution is 2.18. The van der Waals surface area contributed by atoms with Crippen molar-refractivity contribution in [1.82, 2.24) is 0 Å². The van der Waals surface area contributed by atoms with Crippen molar-refractivity contribution in [3.8, 4) is 0 Å². The van der Waals surface area contributed by atoms with E-state index in [0.717, 1.165) is 0 Å². The van der Waals surface area contributed by atoms with Crippen LogP contribution in [0.3, 0.4) is 0 Å². The number of aliphatic imine (C=N–C) groups is 1. The summed E-state index contributed by atoms with van der Waals surface area (Å²) in [5.41, 5.74) is 0. The Kier molecular flexibility index (Phi) is 3.71. The van der Waals surface area contributed by atoms with Crippen LogP contribution in [-0.4, -0.2) is 22.0 Å². The van der Waals surface area contributed by atoms with E-state index < -0.39 is 0 Å². The van der Waals surface area contributed by atoms with E-state index >= 15 is 0 Å². The molecule has 1 heterocycles. The number of allylic oxidation sites excluding steroid dienone is 1. The lowest BCUT2D eigenvalue weighted by Crippen LogP contribution is -2.39. The van der Waals surface area contributed by atoms with Gasteiger partial charge in [0, 0.05) is 6.20 Å². The van der Waals surface area contributed by atoms with Crippen molar-refractivity contribution in [2.75, 3.05) is 0 Å². The SMILES string of the molecule is C/C=C\N=C1\OC(I)C(C)OC1=N. The second-order valence-electron chi connectivity index (χ2n) is 2.54. The molecule has 0 amide bonds. The van der Waals surface area contributed by atoms with Gasteiger partial charge in [0.2, 0.25) is 0 Å². The standard InChI is InChI=1S/C8H11IN2O2/c1-3-4-11-8-7(10)12-5(2)6(9)13-8/h3-6,10H,1-2H3/b4-3-,10-7?,11-8+. The van der Waals surface area contributed by atoms with E-state index in [0.29, 0.717) is 0 Å². The molecule has 72 valence electrons. The van der Waals surface area contributed by atoms with Gasteiger partial charge in [0.15, 0.2) is 4.11 Å². The van der Waals surface area contributed by atoms with E-state index in [1.807, 2.05) is 13.8 Å². The van der Waals surface area contributed by atoms with Crippen LogP contribution in [0.1, 0.15) is 13.8 Å². The third kappa shape index (κ3) is 2.68. The largest absolute Gasteiger partial charge is 0.466 e. The number of hydrogen-bond acceptors (Lipinski definition) is 4. The molecule has 1 rings (SSSR count). The van der Waals surface area contributed by atoms with Gasteiger partial charge in [-0.3, -0.25) is 5.41 Å². The average Bonchev–Trinajstić information content (AvgIpc) is 2.09. The first-order chi connectivity index (χ1) is 6.15. The lowest BCUT2D eigenvalue weighted by atomic mass is 10.4. The Hall–Kier alpha value is -0.590. The smallest absolute Gasteiger partial charge is 0.278 e. The zero-order chi connectivity index (χ0) is 9.84. The molecule has 1 fully saturated rings. The number of nitrogens with one attached hydrogen (secondary N) is 1. The van der Waals surface area contributed by atoms with E-state index in [2.05, 4.69) is 27.6 Å². The van der Waals surface area contributed by atoms with Gasteiger partial charge in [-0.25, -0.2) is 4.99 Å². The van der Waals surface area contributed by atoms with Crippen LogP contribution in [0.5, 0.6) is 0 Å². The summed E-state index contributed by atoms with van der Waals surface area (Å²) in [6.07, 6.45) is 3.24. The molecule has 1 saturated heterocycles. The number of nitrogens with zero attached hydrogens (tertiary/aromatic N) is 1. The van der Waals surface area contributed by atoms with Crippen LogP contribution in [0.25, 0.3) is 0 Å². The molecule has 13 heavy (non-hydrogen) atoms. The third-order valence-electron chi connectivity index (χ3n) is 1.43. The minimum absolute atomic E-state index is 0.00137. The number of ether oxygens (including phenoxy) is 2. The quantitative estimate of drug-likeness (QED) is 0.594. The van der Waals surface area contributed by atoms with Gasteiger partial charge in [0.25, 0.3) is 11.8 Å². The lowest BCUT2D eigenvalue weighted by Gasteiger charge is -2.27. The molecule has 0 aliphatic carbocycles. The lowest BCUT2D eigenvalue weighted by molar-refractivity contribution is 0.0896. The van der Waals surface area contributed by atoms with Gasteiger partial charge in [-0.15, -0.1) is 0 Å². The van der Waals surface area contributed by atoms with Gasteiger partial charge in [0.1, 0.15) is 6.10 Å². The van der Waals surface area contributed by atoms with Crippen molar-refractivity contribution < 1.29 is 9.47 Å². The predicted molar refractivity (Wildman–Crippen MR) is 59.4 cm³/mol. The summed E-state index contributed by atoms with van der Waals surface area (Å²) in [4.78, 5) is 3.93. The van der Waals surface area contributed by atoms with Crippen LogP contribution >= 0.6 is 22.6 Å². The summed E-state index contributed by atoms with van der Waals surface area (Å²) in [7, 11) is 0. The fourth-order valence-corrected chi connectivity index (χ4v) is 1.16. The Bertz CT molecular complexity index is 263. The molecule has 2 unspecified atom stereocenters. The molecule has 0 aromatic heterocycles. The van der Waals surface area contributed by atoms with Gasteiger partial charge in [-0.05, 0) is 36.4 Å². The second kappa shape index (κ2) is 4.59. The van der Waals surface area contributed by atoms with Gasteiger partial charge in [-0.1, -0.05) is 6.08 Å². The molecule has 0 radical (unpaired) electrons. The minimum atomic E-state index is -0.0994. The molecule has 2 atom stereocenters. The number of alkyl halides is 1. The first-order valence-electron chi connectivity index (χ1n) is 3.90. The van der Waals surface area contributed by atoms with Crippen molar-refractivity contribution in [1.29, 1.82) is 5.41 Å². The Morgan fingerprint density at radius 2 is 2.23 bits per heavy atom. The maximum atomic E-state index is 7.43. The van der Waals surface area contributed by atoms with E-state index in [-0.39, 0.29) is 22.0 Å². The van der Waals surface area contributed by atoms with E-state index in [4.69, 9.17) is 14.9 Å². The van der Waals surface area contributed by atoms with Crippen LogP contribution in [0.4, 0.5) is 0 Å². The highest BCUT2D eigenvalue weighted by Gasteiger charge is 2.29. The van der Waals surface area contributed by atoms with Gasteiger partial charge < -0.3 is 9.47 Å². The summed E-state index contributed by atoms with van der Waals surface area (Å²) in [6, 6.07) is 0. The summed E-state index contributed by atoms with van der Waals surface area (Å²) in [6.45, 7) is 3.71. The Balaban J connectivity index is 2.72. The molecular formula is C8H11IN2O2. The molecule has 1 aliphatic rings. The van der Waals surface area contributed by atoms with E-state index in [9.17, 15) is 0 Å². The number of rotatable bonds is 1. The monoisotopic (exact) mass is 294 g/mol. The van der Waals surface area contributed by atoms with Crippen LogP contribution in [0, 0.1) is 5.41 Å². The highest BCUT2D eigenvalue weighted by atomic mass is 127. The summed E-state index contributed by atoms with van der Waals surface area (Å²) >= 11 is 2.11. The summed E-state index contributed by atoms with van der Waals surface area (Å²) in [5.74, 6) is 0.245. The molecule has 0 aromatic rings. The summed E-state index contributed by atoms with van der Waals surface area (Å²) < 4.78 is 10.5. The van der Waals surface area contributed by atoms with Gasteiger partial charge in [-0.2, -0.15) is 0 Å². The normalized spacial score (nSPS) is 31.9. The van der Waals surface area contributed by atoms with Gasteiger partial charge in [0.05, 0.1) is 0 Å². The van der Waals surface area contributed by atoms with Crippen molar-refractivity contribution in [2.45, 2.75) is 24.1 Å². The summed E-state index contributed by atoms with van der Waals surface area (Å²) in [5, 5.41) is 7.43. The first kappa shape index (κ1) is 10.5. The zero-order valence-electron chi connectivity index (χ0n) is 7.45. The van der Waals surface area contributed by atoms with Gasteiger partial charge >= 0.3 is 0 Å². The number of hydrogen-bond donors (Lipinski definition) is 1. The maximum Gasteiger partial charge on any atom is 0.278 e. The Morgan fingerprint density at radius 3 is 2.85 bits per heavy atom. The van der Waals surface area contributed by atoms with Crippen molar-refractivity contribution in [3.63, 3.8) is 0 Å². The van der Waals surface area contributed by atoms with Crippen molar-refractivity contribution in [2.24, 2.45) is 4.99 Å². The number of halogens is 1. The molecule has 0 spiro atoms. The van der Waals surface area contributed by atoms with Crippen LogP contribution in [0.15, 0.2) is 17.3 Å². The van der Waals surface area contributed by atoms with Crippen LogP contribution in [0.2, 0.25) is 0 Å². The molecule has 0 saturated carbocycles. The molecule has 5 heteroatoms. The topological polar surface area (TPSA) is 54.7 Å². The first-order valence-corrected chi connectivity index (χ1v) is 5.15. The molecular weight excluding hydrogens is 283 g/mol. The van der Waals surface area contributed by atoms with Crippen LogP contribution in [-0.2, 0) is 9.47 Å². The third-order valence-corrected chi connectivity index (χ3v) is 2.70. The fourth-order valence-electron chi connectivity index (χ4n) is 0.777. The Morgan fingerprint density at radius 1 is 1.54 bits per heavy atom. The molecule has 1 N–H and O–H groups in total. The minimum Gasteiger partial charge on any atom is -0.466 e. The average molecular weight is 294 g/mol. The zero-order valence-corrected chi connectivity index (χ0v) is 9.61. The van der Waals surface area contributed by atoms with Crippen LogP contribution < -0.4 is 0 Å². The molecule has 0 aromatic carbocycles. The maximum absolute atomic E-state index is 7.43. The van der Waals surface area contributed by atoms with E-state index in [1.54, 1.807) is 12.3 Å². The molecule has 1 aliphatic heterocycles. The fraction of sp³-hybridized carbons (Fsp3) is 0.500. The molecule has 0 bridgehead atoms. The highest BCUT2D eigenvalue weighted by molar-refractivity contribution is 14.1.